The van der Waals surface area contributed by atoms with Gasteiger partial charge in [0, 0.05) is 60.2 Å². The van der Waals surface area contributed by atoms with E-state index in [4.69, 9.17) is 20.4 Å². The largest absolute Gasteiger partial charge is 0.748 e. The average Bonchev–Trinajstić information content (AvgIpc) is 3.40. The molecule has 2 amide bonds. The number of carbonyl (C=O) groups excluding carboxylic acids is 4. The lowest BCUT2D eigenvalue weighted by Crippen LogP contribution is -2.34. The zero-order valence-electron chi connectivity index (χ0n) is 28.5. The lowest BCUT2D eigenvalue weighted by molar-refractivity contribution is -0.255. The Hall–Kier alpha value is -5.26. The minimum absolute atomic E-state index is 0.0218. The highest BCUT2D eigenvalue weighted by Crippen LogP contribution is 2.46. The maximum Gasteiger partial charge on any atom is 0.333 e. The number of nitrogens with one attached hydrogen (secondary N) is 1. The van der Waals surface area contributed by atoms with Crippen LogP contribution in [0.2, 0.25) is 0 Å². The smallest absolute Gasteiger partial charge is 0.333 e. The summed E-state index contributed by atoms with van der Waals surface area (Å²) in [5.41, 5.74) is 4.28. The van der Waals surface area contributed by atoms with E-state index in [2.05, 4.69) is 0 Å². The number of nitrogens with zero attached hydrogens (tertiary/aromatic N) is 2. The number of carboxylic acid groups (broad SMARTS) is 1. The Labute approximate surface area is 313 Å². The molecule has 2 aromatic carbocycles. The van der Waals surface area contributed by atoms with Gasteiger partial charge in [-0.05, 0) is 49.1 Å². The number of amides is 2. The van der Waals surface area contributed by atoms with Crippen molar-refractivity contribution in [3.8, 4) is 22.5 Å². The average molecular weight is 820 g/mol. The van der Waals surface area contributed by atoms with Crippen molar-refractivity contribution in [2.24, 2.45) is 0 Å². The zero-order chi connectivity index (χ0) is 40.5. The number of fused-ring (bicyclic) bond motifs is 2. The molecule has 0 spiro atoms. The topological polar surface area (TPSA) is 319 Å². The number of hydrogen-bond acceptors (Lipinski definition) is 17. The number of hydroxylamine groups is 2. The molecule has 5 rings (SSSR count). The molecule has 2 aliphatic heterocycles. The number of sulfonamides is 1. The first kappa shape index (κ1) is 40.9. The number of aromatic carboxylic acids is 1. The summed E-state index contributed by atoms with van der Waals surface area (Å²) in [5, 5.41) is 19.9. The number of rotatable bonds is 16. The predicted molar refractivity (Wildman–Crippen MR) is 184 cm³/mol. The van der Waals surface area contributed by atoms with Gasteiger partial charge in [-0.15, -0.1) is 5.06 Å². The molecular formula is C33H31N4O15S3-3. The molecule has 0 radical (unpaired) electrons. The quantitative estimate of drug-likeness (QED) is 0.0515. The molecule has 0 unspecified atom stereocenters. The number of imide groups is 1. The van der Waals surface area contributed by atoms with Crippen molar-refractivity contribution in [1.82, 2.24) is 9.37 Å². The van der Waals surface area contributed by atoms with Gasteiger partial charge < -0.3 is 34.0 Å². The van der Waals surface area contributed by atoms with Crippen molar-refractivity contribution < 1.29 is 67.9 Å². The van der Waals surface area contributed by atoms with Gasteiger partial charge in [-0.2, -0.15) is 4.31 Å². The van der Waals surface area contributed by atoms with Crippen LogP contribution in [0.5, 0.6) is 0 Å². The molecule has 3 N–H and O–H groups in total. The molecular weight excluding hydrogens is 789 g/mol. The summed E-state index contributed by atoms with van der Waals surface area (Å²) >= 11 is 0. The standard InChI is InChI=1S/C33H34N4O15S3/c34-23-12-10-21-28(19-7-3-4-8-20(19)33(41)42)22-11-13-24(35)32(55(48,49)50)30(22)51-29(21)31(23)54(46,47)36(17-6-18-53(43,44)45)16-5-1-2-9-27(40)52-37-25(38)14-15-26(37)39/h3-4,7-8,10-13,35H,1-2,5-6,9,14-18,34H2,(H,41,42)(H,43,44,45)(H,48,49,50)/p-3. The third kappa shape index (κ3) is 8.84. The summed E-state index contributed by atoms with van der Waals surface area (Å²) in [6.07, 6.45) is -0.679. The molecule has 19 nitrogen and oxygen atoms in total. The minimum Gasteiger partial charge on any atom is -0.748 e. The molecule has 3 aliphatic rings. The van der Waals surface area contributed by atoms with Crippen LogP contribution in [0.15, 0.2) is 62.7 Å². The predicted octanol–water partition coefficient (Wildman–Crippen LogP) is 0.627. The van der Waals surface area contributed by atoms with Crippen molar-refractivity contribution in [3.05, 3.63) is 59.5 Å². The van der Waals surface area contributed by atoms with Gasteiger partial charge in [0.15, 0.2) is 11.3 Å². The Kier molecular flexibility index (Phi) is 11.8. The van der Waals surface area contributed by atoms with E-state index in [0.717, 1.165) is 16.4 Å². The molecule has 294 valence electrons. The summed E-state index contributed by atoms with van der Waals surface area (Å²) in [7, 11) is -15.2. The molecule has 0 atom stereocenters. The Balaban J connectivity index is 1.61. The molecule has 55 heavy (non-hydrogen) atoms. The van der Waals surface area contributed by atoms with Crippen LogP contribution in [-0.2, 0) is 49.5 Å². The van der Waals surface area contributed by atoms with Crippen molar-refractivity contribution in [2.75, 3.05) is 24.6 Å². The number of carbonyl (C=O) groups is 4. The summed E-state index contributed by atoms with van der Waals surface area (Å²) in [5.74, 6) is -5.65. The molecule has 22 heteroatoms. The highest BCUT2D eigenvalue weighted by Gasteiger charge is 2.34. The molecule has 1 fully saturated rings. The molecule has 0 bridgehead atoms. The van der Waals surface area contributed by atoms with Crippen molar-refractivity contribution >= 4 is 70.7 Å². The van der Waals surface area contributed by atoms with Crippen LogP contribution < -0.4 is 16.2 Å². The second-order valence-electron chi connectivity index (χ2n) is 12.3. The third-order valence-electron chi connectivity index (χ3n) is 8.55. The molecule has 0 aromatic heterocycles. The van der Waals surface area contributed by atoms with Crippen LogP contribution in [0.4, 0.5) is 5.69 Å². The van der Waals surface area contributed by atoms with Gasteiger partial charge >= 0.3 is 5.97 Å². The van der Waals surface area contributed by atoms with E-state index in [1.165, 1.54) is 36.4 Å². The first-order valence-corrected chi connectivity index (χ1v) is 20.8. The number of benzene rings is 3. The summed E-state index contributed by atoms with van der Waals surface area (Å²) in [6, 6.07) is 9.85. The number of anilines is 1. The van der Waals surface area contributed by atoms with Crippen molar-refractivity contribution in [3.63, 3.8) is 0 Å². The molecule has 0 saturated carbocycles. The fourth-order valence-electron chi connectivity index (χ4n) is 6.11. The van der Waals surface area contributed by atoms with Crippen molar-refractivity contribution in [2.45, 2.75) is 54.7 Å². The Morgan fingerprint density at radius 2 is 1.51 bits per heavy atom. The highest BCUT2D eigenvalue weighted by molar-refractivity contribution is 7.89. The third-order valence-corrected chi connectivity index (χ3v) is 12.2. The van der Waals surface area contributed by atoms with Gasteiger partial charge in [-0.1, -0.05) is 30.7 Å². The van der Waals surface area contributed by atoms with Gasteiger partial charge in [0.25, 0.3) is 11.8 Å². The van der Waals surface area contributed by atoms with Gasteiger partial charge in [-0.25, -0.2) is 30.0 Å². The summed E-state index contributed by atoms with van der Waals surface area (Å²) < 4.78 is 107. The fourth-order valence-corrected chi connectivity index (χ4v) is 9.05. The normalized spacial score (nSPS) is 14.0. The number of unbranched alkanes of at least 4 members (excludes halogenated alkanes) is 2. The van der Waals surface area contributed by atoms with E-state index in [9.17, 15) is 58.6 Å². The number of nitrogen functional groups attached to an aromatic ring is 1. The number of hydrogen-bond donors (Lipinski definition) is 2. The van der Waals surface area contributed by atoms with Crippen LogP contribution in [0.3, 0.4) is 0 Å². The van der Waals surface area contributed by atoms with E-state index < -0.39 is 110 Å². The van der Waals surface area contributed by atoms with Crippen LogP contribution in [-0.4, -0.2) is 86.3 Å². The zero-order valence-corrected chi connectivity index (χ0v) is 31.0. The number of nitrogens with two attached hydrogens (primary N) is 1. The van der Waals surface area contributed by atoms with Crippen LogP contribution in [0.1, 0.15) is 55.3 Å². The van der Waals surface area contributed by atoms with Crippen LogP contribution >= 0.6 is 0 Å². The Bertz CT molecular complexity index is 2570. The first-order chi connectivity index (χ1) is 25.7. The lowest BCUT2D eigenvalue weighted by atomic mass is 9.90. The van der Waals surface area contributed by atoms with Crippen molar-refractivity contribution in [1.29, 1.82) is 5.41 Å². The Morgan fingerprint density at radius 3 is 2.15 bits per heavy atom. The lowest BCUT2D eigenvalue weighted by Gasteiger charge is -2.26. The van der Waals surface area contributed by atoms with Gasteiger partial charge in [-0.3, -0.25) is 15.0 Å². The maximum absolute atomic E-state index is 14.6. The van der Waals surface area contributed by atoms with Gasteiger partial charge in [0.05, 0.1) is 27.1 Å². The van der Waals surface area contributed by atoms with Gasteiger partial charge in [0.1, 0.15) is 19.9 Å². The van der Waals surface area contributed by atoms with Crippen LogP contribution in [0, 0.1) is 5.41 Å². The molecule has 2 aromatic rings. The summed E-state index contributed by atoms with van der Waals surface area (Å²) in [4.78, 5) is 50.7. The molecule has 2 heterocycles. The number of carboxylic acids is 1. The van der Waals surface area contributed by atoms with E-state index in [1.807, 2.05) is 0 Å². The van der Waals surface area contributed by atoms with Crippen LogP contribution in [0.25, 0.3) is 33.4 Å². The van der Waals surface area contributed by atoms with E-state index in [1.54, 1.807) is 0 Å². The monoisotopic (exact) mass is 819 g/mol. The molecule has 1 saturated heterocycles. The minimum atomic E-state index is -5.50. The second kappa shape index (κ2) is 15.8. The molecule has 1 aliphatic carbocycles. The highest BCUT2D eigenvalue weighted by atomic mass is 32.2. The van der Waals surface area contributed by atoms with E-state index in [-0.39, 0.29) is 67.1 Å². The fraction of sp³-hybridized carbons (Fsp3) is 0.303. The Morgan fingerprint density at radius 1 is 0.855 bits per heavy atom. The van der Waals surface area contributed by atoms with Gasteiger partial charge in [0.2, 0.25) is 10.0 Å². The second-order valence-corrected chi connectivity index (χ2v) is 17.0. The summed E-state index contributed by atoms with van der Waals surface area (Å²) in [6.45, 7) is -0.925. The maximum atomic E-state index is 14.6. The first-order valence-electron chi connectivity index (χ1n) is 16.4. The van der Waals surface area contributed by atoms with E-state index in [0.29, 0.717) is 5.06 Å². The van der Waals surface area contributed by atoms with E-state index >= 15 is 0 Å². The SMILES string of the molecule is N=c1ccc2c(-c3ccccc3C(=O)[O-])c3ccc(N)c(S(=O)(=O)N(CCCCCC(=O)ON4C(=O)CCC4=O)CCCS(=O)(=O)[O-])c3oc-2c1S(=O)(=O)[O-].